The second-order valence-corrected chi connectivity index (χ2v) is 17.4. The van der Waals surface area contributed by atoms with Crippen molar-refractivity contribution in [1.82, 2.24) is 14.6 Å². The topological polar surface area (TPSA) is 104 Å². The Kier molecular flexibility index (Phi) is 7.87. The van der Waals surface area contributed by atoms with E-state index in [4.69, 9.17) is 23.5 Å². The Hall–Kier alpha value is -2.90. The minimum Gasteiger partial charge on any atom is -0.405 e. The SMILES string of the molecule is Cc1cn([C@@H]2CCN([C@@H]3O[C@H](CO[Si](c4ccccc4)(c4ccccc4)C(C)(C)C)[C@H]4OC(C)(C)O[C@H]43)O2)c(=O)[nH]c1=O. The van der Waals surface area contributed by atoms with Crippen molar-refractivity contribution in [3.63, 3.8) is 0 Å². The van der Waals surface area contributed by atoms with E-state index in [9.17, 15) is 9.59 Å². The zero-order chi connectivity index (χ0) is 30.6. The third-order valence-corrected chi connectivity index (χ3v) is 13.6. The molecule has 0 bridgehead atoms. The molecule has 3 aliphatic heterocycles. The normalized spacial score (nSPS) is 27.4. The lowest BCUT2D eigenvalue weighted by atomic mass is 10.1. The van der Waals surface area contributed by atoms with Crippen LogP contribution in [0.5, 0.6) is 0 Å². The molecule has 3 saturated heterocycles. The number of benzene rings is 2. The van der Waals surface area contributed by atoms with Crippen molar-refractivity contribution < 1.29 is 23.5 Å². The van der Waals surface area contributed by atoms with E-state index >= 15 is 0 Å². The van der Waals surface area contributed by atoms with Crippen molar-refractivity contribution in [3.05, 3.63) is 93.3 Å². The van der Waals surface area contributed by atoms with Gasteiger partial charge in [-0.05, 0) is 36.2 Å². The molecule has 4 heterocycles. The monoisotopic (exact) mass is 607 g/mol. The molecule has 10 nitrogen and oxygen atoms in total. The lowest BCUT2D eigenvalue weighted by Crippen LogP contribution is -2.67. The Morgan fingerprint density at radius 1 is 0.977 bits per heavy atom. The summed E-state index contributed by atoms with van der Waals surface area (Å²) in [5.41, 5.74) is -0.472. The molecule has 0 unspecified atom stereocenters. The molecule has 3 aliphatic rings. The number of rotatable bonds is 7. The first-order chi connectivity index (χ1) is 20.4. The summed E-state index contributed by atoms with van der Waals surface area (Å²) < 4.78 is 28.0. The van der Waals surface area contributed by atoms with E-state index < -0.39 is 50.0 Å². The quantitative estimate of drug-likeness (QED) is 0.409. The van der Waals surface area contributed by atoms with Gasteiger partial charge in [0.05, 0.1) is 6.61 Å². The summed E-state index contributed by atoms with van der Waals surface area (Å²) in [6.45, 7) is 13.0. The van der Waals surface area contributed by atoms with Crippen LogP contribution in [-0.2, 0) is 23.5 Å². The summed E-state index contributed by atoms with van der Waals surface area (Å²) in [5, 5.41) is 3.93. The van der Waals surface area contributed by atoms with Gasteiger partial charge in [-0.2, -0.15) is 5.06 Å². The van der Waals surface area contributed by atoms with Gasteiger partial charge in [0.1, 0.15) is 18.3 Å². The van der Waals surface area contributed by atoms with Crippen molar-refractivity contribution in [2.24, 2.45) is 0 Å². The van der Waals surface area contributed by atoms with E-state index in [1.165, 1.54) is 21.1 Å². The molecule has 11 heteroatoms. The van der Waals surface area contributed by atoms with Gasteiger partial charge in [0.15, 0.2) is 18.2 Å². The first kappa shape index (κ1) is 30.1. The molecule has 2 aromatic carbocycles. The maximum atomic E-state index is 12.5. The van der Waals surface area contributed by atoms with Crippen LogP contribution in [0.4, 0.5) is 0 Å². The predicted octanol–water partition coefficient (Wildman–Crippen LogP) is 2.80. The Morgan fingerprint density at radius 2 is 1.58 bits per heavy atom. The molecule has 1 N–H and O–H groups in total. The summed E-state index contributed by atoms with van der Waals surface area (Å²) >= 11 is 0. The number of aryl methyl sites for hydroxylation is 1. The number of nitrogens with one attached hydrogen (secondary N) is 1. The summed E-state index contributed by atoms with van der Waals surface area (Å²) in [5.74, 6) is -0.806. The van der Waals surface area contributed by atoms with E-state index in [1.54, 1.807) is 12.0 Å². The van der Waals surface area contributed by atoms with Crippen LogP contribution in [0.15, 0.2) is 76.4 Å². The molecule has 6 rings (SSSR count). The number of ether oxygens (including phenoxy) is 3. The molecule has 3 fully saturated rings. The van der Waals surface area contributed by atoms with Crippen molar-refractivity contribution in [2.75, 3.05) is 13.2 Å². The minimum absolute atomic E-state index is 0.188. The van der Waals surface area contributed by atoms with E-state index in [2.05, 4.69) is 74.3 Å². The van der Waals surface area contributed by atoms with Crippen LogP contribution < -0.4 is 21.6 Å². The minimum atomic E-state index is -2.81. The van der Waals surface area contributed by atoms with Gasteiger partial charge in [-0.25, -0.2) is 4.79 Å². The van der Waals surface area contributed by atoms with Crippen LogP contribution in [0.1, 0.15) is 52.8 Å². The number of hydroxylamine groups is 2. The molecular weight excluding hydrogens is 566 g/mol. The molecule has 0 spiro atoms. The molecule has 3 aromatic rings. The number of aromatic amines is 1. The molecule has 43 heavy (non-hydrogen) atoms. The van der Waals surface area contributed by atoms with Crippen molar-refractivity contribution in [3.8, 4) is 0 Å². The van der Waals surface area contributed by atoms with Crippen LogP contribution >= 0.6 is 0 Å². The molecule has 0 aliphatic carbocycles. The third-order valence-electron chi connectivity index (χ3n) is 8.60. The fourth-order valence-electron chi connectivity index (χ4n) is 6.67. The molecule has 1 aromatic heterocycles. The Morgan fingerprint density at radius 3 is 2.19 bits per heavy atom. The van der Waals surface area contributed by atoms with Gasteiger partial charge >= 0.3 is 5.69 Å². The van der Waals surface area contributed by atoms with Gasteiger partial charge in [0, 0.05) is 24.7 Å². The highest BCUT2D eigenvalue weighted by molar-refractivity contribution is 6.99. The molecule has 230 valence electrons. The Balaban J connectivity index is 1.28. The summed E-state index contributed by atoms with van der Waals surface area (Å²) in [7, 11) is -2.81. The Bertz CT molecular complexity index is 1510. The maximum Gasteiger partial charge on any atom is 0.330 e. The fraction of sp³-hybridized carbons (Fsp3) is 0.500. The van der Waals surface area contributed by atoms with Gasteiger partial charge in [-0.15, -0.1) is 0 Å². The highest BCUT2D eigenvalue weighted by Gasteiger charge is 2.59. The molecule has 0 radical (unpaired) electrons. The third kappa shape index (κ3) is 5.48. The van der Waals surface area contributed by atoms with Gasteiger partial charge in [-0.1, -0.05) is 81.4 Å². The highest BCUT2D eigenvalue weighted by atomic mass is 28.4. The van der Waals surface area contributed by atoms with Crippen LogP contribution in [-0.4, -0.2) is 66.4 Å². The van der Waals surface area contributed by atoms with Crippen molar-refractivity contribution in [2.45, 2.75) is 89.6 Å². The van der Waals surface area contributed by atoms with Crippen molar-refractivity contribution >= 4 is 18.7 Å². The van der Waals surface area contributed by atoms with Gasteiger partial charge in [0.2, 0.25) is 0 Å². The maximum absolute atomic E-state index is 12.5. The number of hydrogen-bond donors (Lipinski definition) is 1. The zero-order valence-electron chi connectivity index (χ0n) is 25.6. The first-order valence-corrected chi connectivity index (χ1v) is 16.8. The first-order valence-electron chi connectivity index (χ1n) is 14.9. The van der Waals surface area contributed by atoms with E-state index in [-0.39, 0.29) is 11.1 Å². The molecule has 5 atom stereocenters. The second-order valence-electron chi connectivity index (χ2n) is 13.1. The standard InChI is InChI=1S/C32H41N3O7Si/c1-21-19-34(30(37)33-28(21)36)25-17-18-35(42-25)29-27-26(40-32(5,6)41-27)24(39-29)20-38-43(31(2,3)4,22-13-9-7-10-14-22)23-15-11-8-12-16-23/h7-16,19,24-27,29H,17-18,20H2,1-6H3,(H,33,36,37)/t24-,25+,26-,27-,29-/m1/s1. The lowest BCUT2D eigenvalue weighted by molar-refractivity contribution is -0.284. The summed E-state index contributed by atoms with van der Waals surface area (Å²) in [6.07, 6.45) is -0.284. The molecule has 0 amide bonds. The van der Waals surface area contributed by atoms with Crippen LogP contribution in [0, 0.1) is 6.92 Å². The number of hydrogen-bond acceptors (Lipinski definition) is 8. The highest BCUT2D eigenvalue weighted by Crippen LogP contribution is 2.43. The molecule has 0 saturated carbocycles. The summed E-state index contributed by atoms with van der Waals surface area (Å²) in [6, 6.07) is 21.0. The number of aromatic nitrogens is 2. The fourth-order valence-corrected chi connectivity index (χ4v) is 11.2. The van der Waals surface area contributed by atoms with Crippen LogP contribution in [0.25, 0.3) is 0 Å². The van der Waals surface area contributed by atoms with Crippen LogP contribution in [0.3, 0.4) is 0 Å². The summed E-state index contributed by atoms with van der Waals surface area (Å²) in [4.78, 5) is 33.0. The number of H-pyrrole nitrogens is 1. The molecular formula is C32H41N3O7Si. The Labute approximate surface area is 252 Å². The largest absolute Gasteiger partial charge is 0.405 e. The lowest BCUT2D eigenvalue weighted by Gasteiger charge is -2.43. The van der Waals surface area contributed by atoms with Gasteiger partial charge < -0.3 is 18.6 Å². The zero-order valence-corrected chi connectivity index (χ0v) is 26.6. The smallest absolute Gasteiger partial charge is 0.330 e. The second kappa shape index (κ2) is 11.2. The number of fused-ring (bicyclic) bond motifs is 1. The average Bonchev–Trinajstić information content (AvgIpc) is 3.65. The van der Waals surface area contributed by atoms with Crippen molar-refractivity contribution in [1.29, 1.82) is 0 Å². The van der Waals surface area contributed by atoms with E-state index in [1.807, 2.05) is 26.0 Å². The van der Waals surface area contributed by atoms with E-state index in [0.29, 0.717) is 25.1 Å². The van der Waals surface area contributed by atoms with Gasteiger partial charge in [0.25, 0.3) is 13.9 Å². The van der Waals surface area contributed by atoms with E-state index in [0.717, 1.165) is 0 Å². The predicted molar refractivity (Wildman–Crippen MR) is 164 cm³/mol. The number of nitrogens with zero attached hydrogens (tertiary/aromatic N) is 2. The van der Waals surface area contributed by atoms with Gasteiger partial charge in [-0.3, -0.25) is 19.2 Å². The average molecular weight is 608 g/mol. The van der Waals surface area contributed by atoms with Crippen LogP contribution in [0.2, 0.25) is 5.04 Å².